The number of anilines is 12. The summed E-state index contributed by atoms with van der Waals surface area (Å²) in [7, 11) is 0. The molecule has 0 bridgehead atoms. The van der Waals surface area contributed by atoms with Crippen molar-refractivity contribution in [3.63, 3.8) is 0 Å². The van der Waals surface area contributed by atoms with Crippen molar-refractivity contribution >= 4 is 68.2 Å². The summed E-state index contributed by atoms with van der Waals surface area (Å²) in [5.41, 5.74) is 16.8. The second-order valence-corrected chi connectivity index (χ2v) is 18.5. The molecule has 0 atom stereocenters. The van der Waals surface area contributed by atoms with Crippen LogP contribution >= 0.6 is 0 Å². The lowest BCUT2D eigenvalue weighted by molar-refractivity contribution is 0.483. The van der Waals surface area contributed by atoms with E-state index in [-0.39, 0.29) is 0 Å². The van der Waals surface area contributed by atoms with Gasteiger partial charge >= 0.3 is 0 Å². The average molecular weight is 995 g/mol. The Morgan fingerprint density at radius 3 is 0.558 bits per heavy atom. The van der Waals surface area contributed by atoms with Gasteiger partial charge in [-0.15, -0.1) is 0 Å². The maximum absolute atomic E-state index is 8.22. The molecule has 0 unspecified atom stereocenters. The molecule has 0 N–H and O–H groups in total. The van der Waals surface area contributed by atoms with E-state index in [1.807, 2.05) is 97.1 Å². The quantitative estimate of drug-likeness (QED) is 0.0959. The largest absolute Gasteiger partial charge is 0.457 e. The normalized spacial score (nSPS) is 11.2. The molecule has 368 valence electrons. The first kappa shape index (κ1) is 45.3. The van der Waals surface area contributed by atoms with Crippen LogP contribution in [0.4, 0.5) is 68.2 Å². The summed E-state index contributed by atoms with van der Waals surface area (Å²) in [6.07, 6.45) is 0. The van der Waals surface area contributed by atoms with E-state index < -0.39 is 0 Å². The van der Waals surface area contributed by atoms with E-state index in [4.69, 9.17) is 7.48 Å². The maximum Gasteiger partial charge on any atom is 0.127 e. The molecular formula is C72H54N4O. The highest BCUT2D eigenvalue weighted by Crippen LogP contribution is 2.41. The zero-order valence-corrected chi connectivity index (χ0v) is 42.2. The van der Waals surface area contributed by atoms with Crippen LogP contribution in [0.15, 0.2) is 328 Å². The summed E-state index contributed by atoms with van der Waals surface area (Å²) in [6.45, 7) is 0. The predicted octanol–water partition coefficient (Wildman–Crippen LogP) is 20.7. The predicted molar refractivity (Wildman–Crippen MR) is 323 cm³/mol. The number of hydrogen-bond acceptors (Lipinski definition) is 5. The molecular weight excluding hydrogens is 937 g/mol. The van der Waals surface area contributed by atoms with Crippen molar-refractivity contribution in [2.45, 2.75) is 0 Å². The molecule has 0 aliphatic heterocycles. The fourth-order valence-corrected chi connectivity index (χ4v) is 9.83. The molecule has 0 radical (unpaired) electrons. The fourth-order valence-electron chi connectivity index (χ4n) is 9.83. The molecule has 0 aliphatic carbocycles. The summed E-state index contributed by atoms with van der Waals surface area (Å²) in [5.74, 6) is 1.41. The summed E-state index contributed by atoms with van der Waals surface area (Å²) >= 11 is 0. The van der Waals surface area contributed by atoms with Crippen molar-refractivity contribution in [1.82, 2.24) is 0 Å². The Labute approximate surface area is 454 Å². The molecule has 12 aromatic rings. The lowest BCUT2D eigenvalue weighted by Crippen LogP contribution is -2.10. The summed E-state index contributed by atoms with van der Waals surface area (Å²) in [5, 5.41) is 0. The van der Waals surface area contributed by atoms with E-state index in [1.54, 1.807) is 0 Å². The first-order chi connectivity index (χ1) is 39.0. The third kappa shape index (κ3) is 10.7. The Morgan fingerprint density at radius 2 is 0.351 bits per heavy atom. The lowest BCUT2D eigenvalue weighted by Gasteiger charge is -2.26. The van der Waals surface area contributed by atoms with E-state index in [0.29, 0.717) is 23.6 Å². The number of rotatable bonds is 16. The smallest absolute Gasteiger partial charge is 0.127 e. The van der Waals surface area contributed by atoms with Gasteiger partial charge in [-0.25, -0.2) is 0 Å². The number of benzene rings is 12. The highest BCUT2D eigenvalue weighted by Gasteiger charge is 2.18. The molecule has 0 saturated carbocycles. The van der Waals surface area contributed by atoms with E-state index >= 15 is 0 Å². The highest BCUT2D eigenvalue weighted by molar-refractivity contribution is 5.83. The maximum atomic E-state index is 8.22. The average Bonchev–Trinajstić information content (AvgIpc) is 3.54. The number of hydrogen-bond donors (Lipinski definition) is 0. The summed E-state index contributed by atoms with van der Waals surface area (Å²) in [4.78, 5) is 8.92. The van der Waals surface area contributed by atoms with Gasteiger partial charge in [-0.3, -0.25) is 0 Å². The van der Waals surface area contributed by atoms with Gasteiger partial charge in [-0.1, -0.05) is 158 Å². The molecule has 0 aromatic heterocycles. The van der Waals surface area contributed by atoms with Gasteiger partial charge in [0.05, 0.1) is 2.74 Å². The van der Waals surface area contributed by atoms with Crippen LogP contribution in [-0.4, -0.2) is 0 Å². The van der Waals surface area contributed by atoms with Gasteiger partial charge in [0, 0.05) is 68.2 Å². The molecule has 5 nitrogen and oxygen atoms in total. The second-order valence-electron chi connectivity index (χ2n) is 18.5. The van der Waals surface area contributed by atoms with Gasteiger partial charge in [0.25, 0.3) is 0 Å². The fraction of sp³-hybridized carbons (Fsp3) is 0. The molecule has 0 spiro atoms. The number of para-hydroxylation sites is 6. The van der Waals surface area contributed by atoms with Crippen LogP contribution in [0.2, 0.25) is 0 Å². The Morgan fingerprint density at radius 1 is 0.182 bits per heavy atom. The third-order valence-electron chi connectivity index (χ3n) is 13.6. The molecule has 0 amide bonds. The van der Waals surface area contributed by atoms with Crippen molar-refractivity contribution in [2.24, 2.45) is 0 Å². The van der Waals surface area contributed by atoms with Crippen molar-refractivity contribution in [2.75, 3.05) is 19.6 Å². The first-order valence-electron chi connectivity index (χ1n) is 26.8. The lowest BCUT2D eigenvalue weighted by atomic mass is 10.0. The first-order valence-corrected chi connectivity index (χ1v) is 25.8. The zero-order valence-electron chi connectivity index (χ0n) is 44.2. The molecule has 0 saturated heterocycles. The molecule has 5 heteroatoms. The molecule has 0 aliphatic rings. The van der Waals surface area contributed by atoms with Crippen LogP contribution in [0.5, 0.6) is 11.5 Å². The van der Waals surface area contributed by atoms with Gasteiger partial charge in [-0.05, 0) is 192 Å². The van der Waals surface area contributed by atoms with Crippen LogP contribution in [0.1, 0.15) is 2.74 Å². The standard InChI is InChI=1S/C72H54N4O/c1-7-19-59(20-8-1)73(60-21-9-2-10-22-60)65-39-31-55(32-40-65)57-35-43-67(44-36-57)75(63-27-15-5-16-28-63)69-47-51-71(52-48-69)77-72-53-49-70(50-54-72)76(64-29-17-6-18-30-64)68-45-37-58(38-46-68)56-33-41-66(42-34-56)74(61-23-11-3-12-24-61)62-25-13-4-14-26-62/h1-54H/i5T,6T. The van der Waals surface area contributed by atoms with Crippen LogP contribution < -0.4 is 24.3 Å². The molecule has 12 rings (SSSR count). The van der Waals surface area contributed by atoms with Crippen LogP contribution in [-0.2, 0) is 0 Å². The van der Waals surface area contributed by atoms with Crippen LogP contribution in [0.25, 0.3) is 22.3 Å². The summed E-state index contributed by atoms with van der Waals surface area (Å²) < 4.78 is 22.9. The Bertz CT molecular complexity index is 3530. The zero-order chi connectivity index (χ0) is 53.3. The second kappa shape index (κ2) is 22.4. The van der Waals surface area contributed by atoms with Gasteiger partial charge in [0.15, 0.2) is 0 Å². The van der Waals surface area contributed by atoms with Gasteiger partial charge in [-0.2, -0.15) is 0 Å². The van der Waals surface area contributed by atoms with Crippen molar-refractivity contribution in [1.29, 1.82) is 0 Å². The monoisotopic (exact) mass is 994 g/mol. The topological polar surface area (TPSA) is 22.2 Å². The minimum atomic E-state index is 0.454. The van der Waals surface area contributed by atoms with Gasteiger partial charge in [0.2, 0.25) is 0 Å². The third-order valence-corrected chi connectivity index (χ3v) is 13.6. The Kier molecular flexibility index (Phi) is 13.2. The Balaban J connectivity index is 0.759. The van der Waals surface area contributed by atoms with E-state index in [1.165, 1.54) is 0 Å². The number of ether oxygens (including phenoxy) is 1. The van der Waals surface area contributed by atoms with E-state index in [9.17, 15) is 0 Å². The summed E-state index contributed by atoms with van der Waals surface area (Å²) in [6, 6.07) is 109. The van der Waals surface area contributed by atoms with E-state index in [2.05, 4.69) is 238 Å². The van der Waals surface area contributed by atoms with Gasteiger partial charge in [0.1, 0.15) is 11.5 Å². The van der Waals surface area contributed by atoms with Crippen LogP contribution in [0, 0.1) is 0 Å². The highest BCUT2D eigenvalue weighted by atomic mass is 16.5. The minimum Gasteiger partial charge on any atom is -0.457 e. The van der Waals surface area contributed by atoms with Crippen molar-refractivity contribution in [3.05, 3.63) is 328 Å². The molecule has 0 fully saturated rings. The van der Waals surface area contributed by atoms with Gasteiger partial charge < -0.3 is 24.3 Å². The van der Waals surface area contributed by atoms with Crippen molar-refractivity contribution < 1.29 is 7.48 Å². The number of nitrogens with zero attached hydrogens (tertiary/aromatic N) is 4. The Hall–Kier alpha value is -10.4. The molecule has 12 aromatic carbocycles. The molecule has 0 heterocycles. The van der Waals surface area contributed by atoms with Crippen LogP contribution in [0.3, 0.4) is 0 Å². The minimum absolute atomic E-state index is 0.454. The van der Waals surface area contributed by atoms with E-state index in [0.717, 1.165) is 90.5 Å². The molecule has 77 heavy (non-hydrogen) atoms. The SMILES string of the molecule is [3H]c1ccc(N(c2ccc(Oc3ccc(N(c4ccc([3H])cc4)c4ccc(-c5ccc(N(c6ccccc6)c6ccccc6)cc5)cc4)cc3)cc2)c2ccc(-c3ccc(N(c4ccccc4)c4ccccc4)cc3)cc2)cc1. The van der Waals surface area contributed by atoms with Crippen molar-refractivity contribution in [3.8, 4) is 33.8 Å².